The molecular formula is C20H28N2O4. The summed E-state index contributed by atoms with van der Waals surface area (Å²) >= 11 is 0. The Hall–Kier alpha value is -1.50. The molecule has 1 aromatic heterocycles. The molecule has 3 heterocycles. The normalized spacial score (nSPS) is 29.9. The van der Waals surface area contributed by atoms with E-state index in [1.54, 1.807) is 13.3 Å². The quantitative estimate of drug-likeness (QED) is 0.779. The number of carbonyl (C=O) groups excluding carboxylic acids is 1. The Labute approximate surface area is 154 Å². The minimum atomic E-state index is -0.241. The summed E-state index contributed by atoms with van der Waals surface area (Å²) < 4.78 is 17.8. The summed E-state index contributed by atoms with van der Waals surface area (Å²) in [6.45, 7) is 1.79. The number of rotatable bonds is 6. The number of nitrogens with zero attached hydrogens (tertiary/aromatic N) is 2. The molecule has 3 atom stereocenters. The van der Waals surface area contributed by atoms with Crippen molar-refractivity contribution in [1.82, 2.24) is 9.88 Å². The summed E-state index contributed by atoms with van der Waals surface area (Å²) in [5, 5.41) is 0. The highest BCUT2D eigenvalue weighted by molar-refractivity contribution is 5.78. The highest BCUT2D eigenvalue weighted by Crippen LogP contribution is 2.40. The van der Waals surface area contributed by atoms with Crippen LogP contribution in [0.3, 0.4) is 0 Å². The summed E-state index contributed by atoms with van der Waals surface area (Å²) in [5.41, 5.74) is 0.659. The van der Waals surface area contributed by atoms with Crippen LogP contribution in [0.5, 0.6) is 0 Å². The zero-order valence-corrected chi connectivity index (χ0v) is 15.4. The third-order valence-corrected chi connectivity index (χ3v) is 6.14. The third kappa shape index (κ3) is 3.50. The van der Waals surface area contributed by atoms with Crippen LogP contribution >= 0.6 is 0 Å². The molecule has 2 aliphatic heterocycles. The molecule has 3 aliphatic rings. The van der Waals surface area contributed by atoms with E-state index in [0.717, 1.165) is 44.4 Å². The molecule has 6 heteroatoms. The monoisotopic (exact) mass is 360 g/mol. The van der Waals surface area contributed by atoms with Gasteiger partial charge in [-0.2, -0.15) is 0 Å². The molecule has 0 bridgehead atoms. The molecule has 1 aliphatic carbocycles. The number of methoxy groups -OCH3 is 1. The molecule has 1 saturated carbocycles. The second kappa shape index (κ2) is 7.62. The lowest BCUT2D eigenvalue weighted by atomic mass is 9.77. The van der Waals surface area contributed by atoms with Crippen molar-refractivity contribution in [2.45, 2.75) is 69.0 Å². The largest absolute Gasteiger partial charge is 0.378 e. The van der Waals surface area contributed by atoms with Gasteiger partial charge in [0.1, 0.15) is 12.2 Å². The van der Waals surface area contributed by atoms with Crippen molar-refractivity contribution in [3.05, 3.63) is 30.1 Å². The second-order valence-corrected chi connectivity index (χ2v) is 7.68. The van der Waals surface area contributed by atoms with E-state index in [2.05, 4.69) is 4.98 Å². The molecule has 0 aromatic carbocycles. The zero-order chi connectivity index (χ0) is 18.0. The van der Waals surface area contributed by atoms with Gasteiger partial charge in [0, 0.05) is 26.5 Å². The second-order valence-electron chi connectivity index (χ2n) is 7.68. The molecule has 0 unspecified atom stereocenters. The average molecular weight is 360 g/mol. The van der Waals surface area contributed by atoms with Crippen molar-refractivity contribution in [1.29, 1.82) is 0 Å². The Morgan fingerprint density at radius 3 is 2.96 bits per heavy atom. The third-order valence-electron chi connectivity index (χ3n) is 6.14. The fraction of sp³-hybridized carbons (Fsp3) is 0.700. The first kappa shape index (κ1) is 17.9. The first-order chi connectivity index (χ1) is 12.7. The van der Waals surface area contributed by atoms with Crippen molar-refractivity contribution >= 4 is 5.91 Å². The Bertz CT molecular complexity index is 614. The van der Waals surface area contributed by atoms with Crippen molar-refractivity contribution in [3.8, 4) is 0 Å². The minimum Gasteiger partial charge on any atom is -0.378 e. The number of ether oxygens (including phenoxy) is 3. The fourth-order valence-corrected chi connectivity index (χ4v) is 4.42. The first-order valence-electron chi connectivity index (χ1n) is 9.68. The van der Waals surface area contributed by atoms with Gasteiger partial charge < -0.3 is 19.1 Å². The number of carbonyl (C=O) groups is 1. The number of likely N-dealkylation sites (tertiary alicyclic amines) is 1. The van der Waals surface area contributed by atoms with Gasteiger partial charge in [0.15, 0.2) is 0 Å². The molecule has 0 N–H and O–H groups in total. The zero-order valence-electron chi connectivity index (χ0n) is 15.4. The van der Waals surface area contributed by atoms with Gasteiger partial charge in [-0.15, -0.1) is 0 Å². The summed E-state index contributed by atoms with van der Waals surface area (Å²) in [6.07, 6.45) is 7.20. The summed E-state index contributed by atoms with van der Waals surface area (Å²) in [7, 11) is 1.72. The van der Waals surface area contributed by atoms with Crippen molar-refractivity contribution in [2.24, 2.45) is 0 Å². The van der Waals surface area contributed by atoms with Gasteiger partial charge in [-0.1, -0.05) is 6.07 Å². The lowest BCUT2D eigenvalue weighted by Crippen LogP contribution is -2.48. The molecule has 0 spiro atoms. The first-order valence-corrected chi connectivity index (χ1v) is 9.68. The van der Waals surface area contributed by atoms with E-state index < -0.39 is 0 Å². The standard InChI is InChI=1S/C20H28N2O4/c1-24-20(8-5-9-20)12-18(23)22-13-17(19-16(22)7-4-11-25-19)26-14-15-6-2-3-10-21-15/h2-3,6,10,16-17,19H,4-5,7-9,11-14H2,1H3/t16-,17+,19+/m1/s1. The van der Waals surface area contributed by atoms with E-state index in [4.69, 9.17) is 14.2 Å². The molecule has 142 valence electrons. The van der Waals surface area contributed by atoms with Crippen LogP contribution in [-0.4, -0.2) is 59.9 Å². The van der Waals surface area contributed by atoms with Crippen LogP contribution in [0.4, 0.5) is 0 Å². The number of aromatic nitrogens is 1. The summed E-state index contributed by atoms with van der Waals surface area (Å²) in [5.74, 6) is 0.177. The van der Waals surface area contributed by atoms with E-state index in [-0.39, 0.29) is 29.8 Å². The number of fused-ring (bicyclic) bond motifs is 1. The van der Waals surface area contributed by atoms with E-state index >= 15 is 0 Å². The van der Waals surface area contributed by atoms with Crippen LogP contribution in [0.2, 0.25) is 0 Å². The van der Waals surface area contributed by atoms with Crippen LogP contribution in [0, 0.1) is 0 Å². The molecule has 2 saturated heterocycles. The lowest BCUT2D eigenvalue weighted by molar-refractivity contribution is -0.147. The van der Waals surface area contributed by atoms with Gasteiger partial charge in [-0.3, -0.25) is 9.78 Å². The van der Waals surface area contributed by atoms with Gasteiger partial charge in [0.2, 0.25) is 5.91 Å². The Morgan fingerprint density at radius 2 is 2.27 bits per heavy atom. The van der Waals surface area contributed by atoms with E-state index in [1.807, 2.05) is 23.1 Å². The lowest BCUT2D eigenvalue weighted by Gasteiger charge is -2.41. The Balaban J connectivity index is 1.41. The molecule has 0 radical (unpaired) electrons. The number of amides is 1. The van der Waals surface area contributed by atoms with Crippen molar-refractivity contribution in [3.63, 3.8) is 0 Å². The van der Waals surface area contributed by atoms with Crippen molar-refractivity contribution in [2.75, 3.05) is 20.3 Å². The molecule has 3 fully saturated rings. The number of hydrogen-bond donors (Lipinski definition) is 0. The smallest absolute Gasteiger partial charge is 0.225 e. The number of pyridine rings is 1. The Morgan fingerprint density at radius 1 is 1.38 bits per heavy atom. The van der Waals surface area contributed by atoms with Crippen LogP contribution in [-0.2, 0) is 25.6 Å². The molecular weight excluding hydrogens is 332 g/mol. The summed E-state index contributed by atoms with van der Waals surface area (Å²) in [4.78, 5) is 19.3. The molecule has 4 rings (SSSR count). The SMILES string of the molecule is COC1(CC(=O)N2C[C@H](OCc3ccccn3)[C@H]3OCCC[C@H]32)CCC1. The maximum Gasteiger partial charge on any atom is 0.225 e. The molecule has 1 amide bonds. The van der Waals surface area contributed by atoms with E-state index in [0.29, 0.717) is 19.6 Å². The maximum atomic E-state index is 13.0. The van der Waals surface area contributed by atoms with Crippen LogP contribution in [0.15, 0.2) is 24.4 Å². The molecule has 26 heavy (non-hydrogen) atoms. The van der Waals surface area contributed by atoms with E-state index in [1.165, 1.54) is 0 Å². The van der Waals surface area contributed by atoms with Gasteiger partial charge >= 0.3 is 0 Å². The predicted molar refractivity (Wildman–Crippen MR) is 95.5 cm³/mol. The highest BCUT2D eigenvalue weighted by Gasteiger charge is 2.49. The number of hydrogen-bond acceptors (Lipinski definition) is 5. The van der Waals surface area contributed by atoms with Gasteiger partial charge in [-0.05, 0) is 44.2 Å². The fourth-order valence-electron chi connectivity index (χ4n) is 4.42. The summed E-state index contributed by atoms with van der Waals surface area (Å²) in [6, 6.07) is 5.93. The molecule has 1 aromatic rings. The van der Waals surface area contributed by atoms with E-state index in [9.17, 15) is 4.79 Å². The predicted octanol–water partition coefficient (Wildman–Crippen LogP) is 2.32. The Kier molecular flexibility index (Phi) is 5.25. The van der Waals surface area contributed by atoms with Crippen LogP contribution in [0.1, 0.15) is 44.2 Å². The van der Waals surface area contributed by atoms with Gasteiger partial charge in [0.25, 0.3) is 0 Å². The van der Waals surface area contributed by atoms with Crippen LogP contribution < -0.4 is 0 Å². The van der Waals surface area contributed by atoms with Crippen molar-refractivity contribution < 1.29 is 19.0 Å². The van der Waals surface area contributed by atoms with Gasteiger partial charge in [-0.25, -0.2) is 0 Å². The minimum absolute atomic E-state index is 0.0312. The topological polar surface area (TPSA) is 60.9 Å². The highest BCUT2D eigenvalue weighted by atomic mass is 16.5. The van der Waals surface area contributed by atoms with Gasteiger partial charge in [0.05, 0.1) is 30.4 Å². The average Bonchev–Trinajstić information content (AvgIpc) is 3.03. The van der Waals surface area contributed by atoms with Crippen LogP contribution in [0.25, 0.3) is 0 Å². The molecule has 6 nitrogen and oxygen atoms in total. The maximum absolute atomic E-state index is 13.0.